The van der Waals surface area contributed by atoms with Crippen molar-refractivity contribution in [2.45, 2.75) is 32.9 Å². The number of halogens is 1. The molecule has 3 nitrogen and oxygen atoms in total. The topological polar surface area (TPSA) is 55.1 Å². The van der Waals surface area contributed by atoms with Gasteiger partial charge >= 0.3 is 0 Å². The normalized spacial score (nSPS) is 15.3. The van der Waals surface area contributed by atoms with Gasteiger partial charge in [0.1, 0.15) is 0 Å². The van der Waals surface area contributed by atoms with Crippen LogP contribution >= 0.6 is 12.4 Å². The van der Waals surface area contributed by atoms with E-state index in [0.29, 0.717) is 0 Å². The molecular weight excluding hydrogens is 236 g/mol. The van der Waals surface area contributed by atoms with Crippen LogP contribution < -0.4 is 11.1 Å². The second kappa shape index (κ2) is 7.30. The summed E-state index contributed by atoms with van der Waals surface area (Å²) in [6.07, 6.45) is 0. The van der Waals surface area contributed by atoms with Crippen LogP contribution in [0, 0.1) is 5.92 Å². The zero-order chi connectivity index (χ0) is 12.1. The molecule has 1 amide bonds. The van der Waals surface area contributed by atoms with Crippen molar-refractivity contribution in [2.24, 2.45) is 11.7 Å². The Kier molecular flexibility index (Phi) is 6.85. The van der Waals surface area contributed by atoms with Gasteiger partial charge < -0.3 is 11.1 Å². The summed E-state index contributed by atoms with van der Waals surface area (Å²) in [6.45, 7) is 5.66. The minimum atomic E-state index is -0.161. The fraction of sp³-hybridized carbons (Fsp3) is 0.462. The molecule has 0 spiro atoms. The monoisotopic (exact) mass is 256 g/mol. The summed E-state index contributed by atoms with van der Waals surface area (Å²) in [5.41, 5.74) is 6.79. The molecule has 1 aromatic carbocycles. The lowest BCUT2D eigenvalue weighted by Gasteiger charge is -2.19. The van der Waals surface area contributed by atoms with Gasteiger partial charge in [0.15, 0.2) is 0 Å². The molecule has 0 saturated heterocycles. The molecule has 0 aliphatic carbocycles. The molecule has 0 saturated carbocycles. The number of amides is 1. The van der Waals surface area contributed by atoms with Gasteiger partial charge in [-0.2, -0.15) is 0 Å². The number of nitrogens with one attached hydrogen (secondary N) is 1. The van der Waals surface area contributed by atoms with Gasteiger partial charge in [0, 0.05) is 12.0 Å². The lowest BCUT2D eigenvalue weighted by molar-refractivity contribution is -0.125. The first-order chi connectivity index (χ1) is 7.52. The summed E-state index contributed by atoms with van der Waals surface area (Å²) in [5, 5.41) is 2.96. The van der Waals surface area contributed by atoms with E-state index in [1.54, 1.807) is 0 Å². The van der Waals surface area contributed by atoms with Gasteiger partial charge in [-0.25, -0.2) is 0 Å². The van der Waals surface area contributed by atoms with E-state index in [-0.39, 0.29) is 36.3 Å². The van der Waals surface area contributed by atoms with Crippen LogP contribution in [0.5, 0.6) is 0 Å². The Labute approximate surface area is 109 Å². The first-order valence-corrected chi connectivity index (χ1v) is 5.63. The largest absolute Gasteiger partial charge is 0.349 e. The molecule has 4 heteroatoms. The van der Waals surface area contributed by atoms with Crippen molar-refractivity contribution in [2.75, 3.05) is 0 Å². The van der Waals surface area contributed by atoms with Crippen molar-refractivity contribution in [1.29, 1.82) is 0 Å². The van der Waals surface area contributed by atoms with E-state index in [2.05, 4.69) is 5.32 Å². The van der Waals surface area contributed by atoms with Crippen LogP contribution in [-0.2, 0) is 4.79 Å². The molecular formula is C13H21ClN2O. The fourth-order valence-corrected chi connectivity index (χ4v) is 1.41. The lowest BCUT2D eigenvalue weighted by Crippen LogP contribution is -2.39. The first-order valence-electron chi connectivity index (χ1n) is 5.63. The smallest absolute Gasteiger partial charge is 0.224 e. The molecule has 1 rings (SSSR count). The van der Waals surface area contributed by atoms with E-state index in [1.165, 1.54) is 0 Å². The van der Waals surface area contributed by atoms with Crippen LogP contribution in [0.2, 0.25) is 0 Å². The summed E-state index contributed by atoms with van der Waals surface area (Å²) >= 11 is 0. The zero-order valence-corrected chi connectivity index (χ0v) is 11.3. The van der Waals surface area contributed by atoms with Crippen LogP contribution in [0.15, 0.2) is 30.3 Å². The Morgan fingerprint density at radius 1 is 1.18 bits per heavy atom. The molecule has 0 fully saturated rings. The van der Waals surface area contributed by atoms with Crippen LogP contribution in [0.25, 0.3) is 0 Å². The molecule has 3 atom stereocenters. The molecule has 2 unspecified atom stereocenters. The Morgan fingerprint density at radius 2 is 1.71 bits per heavy atom. The lowest BCUT2D eigenvalue weighted by atomic mass is 10.0. The molecule has 0 aromatic heterocycles. The average Bonchev–Trinajstić information content (AvgIpc) is 2.28. The van der Waals surface area contributed by atoms with Crippen LogP contribution in [-0.4, -0.2) is 11.9 Å². The van der Waals surface area contributed by atoms with E-state index in [9.17, 15) is 4.79 Å². The average molecular weight is 257 g/mol. The third-order valence-electron chi connectivity index (χ3n) is 2.86. The van der Waals surface area contributed by atoms with Gasteiger partial charge in [0.05, 0.1) is 6.04 Å². The number of benzene rings is 1. The summed E-state index contributed by atoms with van der Waals surface area (Å²) in [4.78, 5) is 11.8. The van der Waals surface area contributed by atoms with Crippen molar-refractivity contribution in [3.05, 3.63) is 35.9 Å². The number of hydrogen-bond donors (Lipinski definition) is 2. The van der Waals surface area contributed by atoms with Crippen molar-refractivity contribution in [3.8, 4) is 0 Å². The minimum absolute atomic E-state index is 0. The van der Waals surface area contributed by atoms with Gasteiger partial charge in [-0.05, 0) is 19.4 Å². The molecule has 0 aliphatic rings. The van der Waals surface area contributed by atoms with Crippen LogP contribution in [0.3, 0.4) is 0 Å². The van der Waals surface area contributed by atoms with E-state index in [4.69, 9.17) is 5.73 Å². The summed E-state index contributed by atoms with van der Waals surface area (Å²) in [6, 6.07) is 9.80. The number of carbonyl (C=O) groups excluding carboxylic acids is 1. The second-order valence-corrected chi connectivity index (χ2v) is 4.29. The van der Waals surface area contributed by atoms with E-state index in [0.717, 1.165) is 5.56 Å². The van der Waals surface area contributed by atoms with E-state index < -0.39 is 0 Å². The Balaban J connectivity index is 0.00000256. The highest BCUT2D eigenvalue weighted by atomic mass is 35.5. The first kappa shape index (κ1) is 15.9. The molecule has 1 aromatic rings. The van der Waals surface area contributed by atoms with Crippen LogP contribution in [0.1, 0.15) is 32.4 Å². The number of carbonyl (C=O) groups is 1. The zero-order valence-electron chi connectivity index (χ0n) is 10.5. The summed E-state index contributed by atoms with van der Waals surface area (Å²) in [5.74, 6) is -0.155. The number of rotatable bonds is 4. The quantitative estimate of drug-likeness (QED) is 0.868. The van der Waals surface area contributed by atoms with E-state index in [1.807, 2.05) is 51.1 Å². The minimum Gasteiger partial charge on any atom is -0.349 e. The number of nitrogens with two attached hydrogens (primary N) is 1. The highest BCUT2D eigenvalue weighted by Crippen LogP contribution is 2.12. The Hall–Kier alpha value is -1.06. The van der Waals surface area contributed by atoms with Crippen molar-refractivity contribution in [3.63, 3.8) is 0 Å². The Bertz CT molecular complexity index is 341. The van der Waals surface area contributed by atoms with Gasteiger partial charge in [-0.15, -0.1) is 12.4 Å². The van der Waals surface area contributed by atoms with Crippen LogP contribution in [0.4, 0.5) is 0 Å². The molecule has 0 radical (unpaired) electrons. The SMILES string of the molecule is CC(N)C(C)C(=O)N[C@H](C)c1ccccc1.Cl. The maximum atomic E-state index is 11.8. The predicted octanol–water partition coefficient (Wildman–Crippen LogP) is 2.27. The second-order valence-electron chi connectivity index (χ2n) is 4.29. The number of hydrogen-bond acceptors (Lipinski definition) is 2. The molecule has 3 N–H and O–H groups in total. The van der Waals surface area contributed by atoms with Gasteiger partial charge in [-0.3, -0.25) is 4.79 Å². The molecule has 0 bridgehead atoms. The summed E-state index contributed by atoms with van der Waals surface area (Å²) < 4.78 is 0. The standard InChI is InChI=1S/C13H20N2O.ClH/c1-9(10(2)14)13(16)15-11(3)12-7-5-4-6-8-12;/h4-11H,14H2,1-3H3,(H,15,16);1H/t9?,10?,11-;/m1./s1. The maximum absolute atomic E-state index is 11.8. The third-order valence-corrected chi connectivity index (χ3v) is 2.86. The van der Waals surface area contributed by atoms with Gasteiger partial charge in [0.2, 0.25) is 5.91 Å². The highest BCUT2D eigenvalue weighted by molar-refractivity contribution is 5.85. The Morgan fingerprint density at radius 3 is 2.18 bits per heavy atom. The maximum Gasteiger partial charge on any atom is 0.224 e. The molecule has 0 heterocycles. The molecule has 0 aliphatic heterocycles. The fourth-order valence-electron chi connectivity index (χ4n) is 1.41. The van der Waals surface area contributed by atoms with Gasteiger partial charge in [-0.1, -0.05) is 37.3 Å². The molecule has 17 heavy (non-hydrogen) atoms. The summed E-state index contributed by atoms with van der Waals surface area (Å²) in [7, 11) is 0. The third kappa shape index (κ3) is 4.75. The van der Waals surface area contributed by atoms with Crippen molar-refractivity contribution in [1.82, 2.24) is 5.32 Å². The van der Waals surface area contributed by atoms with Crippen molar-refractivity contribution >= 4 is 18.3 Å². The van der Waals surface area contributed by atoms with E-state index >= 15 is 0 Å². The predicted molar refractivity (Wildman–Crippen MR) is 73.1 cm³/mol. The van der Waals surface area contributed by atoms with Crippen molar-refractivity contribution < 1.29 is 4.79 Å². The molecule has 96 valence electrons. The van der Waals surface area contributed by atoms with Gasteiger partial charge in [0.25, 0.3) is 0 Å². The highest BCUT2D eigenvalue weighted by Gasteiger charge is 2.18.